The van der Waals surface area contributed by atoms with Crippen molar-refractivity contribution in [1.29, 1.82) is 0 Å². The smallest absolute Gasteiger partial charge is 0.262 e. The molecule has 7 nitrogen and oxygen atoms in total. The molecule has 0 spiro atoms. The Bertz CT molecular complexity index is 1220. The van der Waals surface area contributed by atoms with E-state index in [1.54, 1.807) is 27.1 Å². The van der Waals surface area contributed by atoms with Crippen molar-refractivity contribution >= 4 is 33.4 Å². The molecule has 3 aromatic rings. The number of benzene rings is 1. The third-order valence-corrected chi connectivity index (χ3v) is 7.64. The highest BCUT2D eigenvalue weighted by molar-refractivity contribution is 7.18. The number of thiophene rings is 1. The molecule has 8 heteroatoms. The number of carbonyl (C=O) groups is 2. The molecule has 1 atom stereocenters. The average molecular weight is 451 g/mol. The minimum absolute atomic E-state index is 0.0467. The van der Waals surface area contributed by atoms with Gasteiger partial charge in [0.15, 0.2) is 0 Å². The zero-order valence-electron chi connectivity index (χ0n) is 17.9. The van der Waals surface area contributed by atoms with Crippen LogP contribution in [0.15, 0.2) is 41.5 Å². The maximum absolute atomic E-state index is 13.2. The van der Waals surface area contributed by atoms with E-state index in [1.807, 2.05) is 30.3 Å². The van der Waals surface area contributed by atoms with Crippen LogP contribution in [0, 0.1) is 0 Å². The second-order valence-electron chi connectivity index (χ2n) is 8.45. The number of aromatic nitrogens is 2. The molecule has 1 saturated heterocycles. The molecule has 166 valence electrons. The first kappa shape index (κ1) is 20.9. The molecule has 32 heavy (non-hydrogen) atoms. The molecular formula is C24H26N4O3S. The molecule has 0 saturated carbocycles. The lowest BCUT2D eigenvalue weighted by atomic mass is 9.97. The highest BCUT2D eigenvalue weighted by Crippen LogP contribution is 2.33. The zero-order chi connectivity index (χ0) is 22.1. The molecule has 5 rings (SSSR count). The van der Waals surface area contributed by atoms with Gasteiger partial charge in [-0.05, 0) is 36.8 Å². The first-order valence-electron chi connectivity index (χ1n) is 11.2. The summed E-state index contributed by atoms with van der Waals surface area (Å²) in [7, 11) is 0. The van der Waals surface area contributed by atoms with Gasteiger partial charge in [0.1, 0.15) is 4.83 Å². The molecule has 2 aromatic heterocycles. The highest BCUT2D eigenvalue weighted by atomic mass is 32.1. The van der Waals surface area contributed by atoms with Crippen LogP contribution in [-0.4, -0.2) is 39.4 Å². The van der Waals surface area contributed by atoms with Crippen LogP contribution in [0.3, 0.4) is 0 Å². The SMILES string of the molecule is O=C1C[C@H](c2ccccc2)N(C(=O)CCn2cnc3sc4c(c3c2=O)CCCC4)CCN1. The van der Waals surface area contributed by atoms with E-state index in [1.165, 1.54) is 4.88 Å². The number of aryl methyl sites for hydroxylation is 3. The lowest BCUT2D eigenvalue weighted by Gasteiger charge is -2.29. The summed E-state index contributed by atoms with van der Waals surface area (Å²) in [5.74, 6) is -0.114. The van der Waals surface area contributed by atoms with Crippen molar-refractivity contribution in [2.45, 2.75) is 51.1 Å². The van der Waals surface area contributed by atoms with Crippen LogP contribution in [0.2, 0.25) is 0 Å². The molecule has 1 aliphatic carbocycles. The average Bonchev–Trinajstić information content (AvgIpc) is 3.08. The fourth-order valence-corrected chi connectivity index (χ4v) is 6.02. The van der Waals surface area contributed by atoms with Crippen molar-refractivity contribution in [1.82, 2.24) is 19.8 Å². The molecule has 0 radical (unpaired) electrons. The van der Waals surface area contributed by atoms with Gasteiger partial charge in [-0.25, -0.2) is 4.98 Å². The van der Waals surface area contributed by atoms with E-state index in [-0.39, 0.29) is 42.8 Å². The van der Waals surface area contributed by atoms with E-state index >= 15 is 0 Å². The van der Waals surface area contributed by atoms with Gasteiger partial charge >= 0.3 is 0 Å². The third kappa shape index (κ3) is 3.95. The summed E-state index contributed by atoms with van der Waals surface area (Å²) < 4.78 is 1.57. The molecule has 0 bridgehead atoms. The second kappa shape index (κ2) is 8.86. The van der Waals surface area contributed by atoms with E-state index in [4.69, 9.17) is 0 Å². The monoisotopic (exact) mass is 450 g/mol. The molecule has 2 aliphatic rings. The van der Waals surface area contributed by atoms with Crippen LogP contribution in [0.4, 0.5) is 0 Å². The molecular weight excluding hydrogens is 424 g/mol. The summed E-state index contributed by atoms with van der Waals surface area (Å²) in [4.78, 5) is 47.0. The van der Waals surface area contributed by atoms with E-state index in [9.17, 15) is 14.4 Å². The maximum Gasteiger partial charge on any atom is 0.262 e. The third-order valence-electron chi connectivity index (χ3n) is 6.44. The Morgan fingerprint density at radius 1 is 1.16 bits per heavy atom. The Morgan fingerprint density at radius 2 is 1.97 bits per heavy atom. The van der Waals surface area contributed by atoms with Gasteiger partial charge in [-0.2, -0.15) is 0 Å². The second-order valence-corrected chi connectivity index (χ2v) is 9.54. The molecule has 2 amide bonds. The Hall–Kier alpha value is -3.00. The number of hydrogen-bond acceptors (Lipinski definition) is 5. The predicted octanol–water partition coefficient (Wildman–Crippen LogP) is 2.82. The van der Waals surface area contributed by atoms with Gasteiger partial charge in [0.2, 0.25) is 11.8 Å². The van der Waals surface area contributed by atoms with Crippen molar-refractivity contribution in [3.05, 3.63) is 63.0 Å². The van der Waals surface area contributed by atoms with Crippen molar-refractivity contribution in [2.24, 2.45) is 0 Å². The van der Waals surface area contributed by atoms with Gasteiger partial charge in [0, 0.05) is 30.9 Å². The predicted molar refractivity (Wildman–Crippen MR) is 124 cm³/mol. The lowest BCUT2D eigenvalue weighted by Crippen LogP contribution is -2.37. The molecule has 1 N–H and O–H groups in total. The number of rotatable bonds is 4. The Balaban J connectivity index is 1.37. The Labute approximate surface area is 190 Å². The first-order valence-corrected chi connectivity index (χ1v) is 12.0. The molecule has 3 heterocycles. The van der Waals surface area contributed by atoms with Gasteiger partial charge < -0.3 is 10.2 Å². The van der Waals surface area contributed by atoms with E-state index in [0.29, 0.717) is 13.1 Å². The fraction of sp³-hybridized carbons (Fsp3) is 0.417. The topological polar surface area (TPSA) is 84.3 Å². The largest absolute Gasteiger partial charge is 0.354 e. The minimum atomic E-state index is -0.299. The molecule has 1 aliphatic heterocycles. The van der Waals surface area contributed by atoms with Crippen molar-refractivity contribution < 1.29 is 9.59 Å². The summed E-state index contributed by atoms with van der Waals surface area (Å²) >= 11 is 1.63. The first-order chi connectivity index (χ1) is 15.6. The number of amides is 2. The lowest BCUT2D eigenvalue weighted by molar-refractivity contribution is -0.134. The van der Waals surface area contributed by atoms with Crippen molar-refractivity contribution in [3.8, 4) is 0 Å². The molecule has 0 unspecified atom stereocenters. The van der Waals surface area contributed by atoms with E-state index in [0.717, 1.165) is 47.0 Å². The number of nitrogens with one attached hydrogen (secondary N) is 1. The number of carbonyl (C=O) groups excluding carboxylic acids is 2. The molecule has 1 aromatic carbocycles. The van der Waals surface area contributed by atoms with Crippen molar-refractivity contribution in [3.63, 3.8) is 0 Å². The summed E-state index contributed by atoms with van der Waals surface area (Å²) in [6.45, 7) is 1.17. The van der Waals surface area contributed by atoms with Gasteiger partial charge in [-0.1, -0.05) is 30.3 Å². The fourth-order valence-electron chi connectivity index (χ4n) is 4.80. The van der Waals surface area contributed by atoms with Crippen LogP contribution < -0.4 is 10.9 Å². The summed E-state index contributed by atoms with van der Waals surface area (Å²) in [5.41, 5.74) is 2.06. The van der Waals surface area contributed by atoms with Gasteiger partial charge in [-0.15, -0.1) is 11.3 Å². The zero-order valence-corrected chi connectivity index (χ0v) is 18.7. The Morgan fingerprint density at radius 3 is 2.81 bits per heavy atom. The van der Waals surface area contributed by atoms with E-state index in [2.05, 4.69) is 10.3 Å². The summed E-state index contributed by atoms with van der Waals surface area (Å²) in [5, 5.41) is 3.60. The number of hydrogen-bond donors (Lipinski definition) is 1. The summed E-state index contributed by atoms with van der Waals surface area (Å²) in [6, 6.07) is 9.36. The summed E-state index contributed by atoms with van der Waals surface area (Å²) in [6.07, 6.45) is 6.23. The van der Waals surface area contributed by atoms with Crippen molar-refractivity contribution in [2.75, 3.05) is 13.1 Å². The molecule has 1 fully saturated rings. The van der Waals surface area contributed by atoms with Crippen LogP contribution in [0.25, 0.3) is 10.2 Å². The van der Waals surface area contributed by atoms with Gasteiger partial charge in [-0.3, -0.25) is 19.0 Å². The standard InChI is InChI=1S/C24H26N4O3S/c29-20-14-18(16-6-2-1-3-7-16)28(13-11-25-20)21(30)10-12-27-15-26-23-22(24(27)31)17-8-4-5-9-19(17)32-23/h1-3,6-7,15,18H,4-5,8-14H2,(H,25,29)/t18-/m1/s1. The minimum Gasteiger partial charge on any atom is -0.354 e. The van der Waals surface area contributed by atoms with Crippen LogP contribution in [0.5, 0.6) is 0 Å². The van der Waals surface area contributed by atoms with E-state index < -0.39 is 0 Å². The highest BCUT2D eigenvalue weighted by Gasteiger charge is 2.29. The van der Waals surface area contributed by atoms with Gasteiger partial charge in [0.25, 0.3) is 5.56 Å². The van der Waals surface area contributed by atoms with Crippen LogP contribution in [-0.2, 0) is 29.0 Å². The maximum atomic E-state index is 13.2. The normalized spacial score (nSPS) is 18.8. The quantitative estimate of drug-likeness (QED) is 0.663. The number of nitrogens with zero attached hydrogens (tertiary/aromatic N) is 3. The Kier molecular flexibility index (Phi) is 5.78. The van der Waals surface area contributed by atoms with Crippen LogP contribution >= 0.6 is 11.3 Å². The van der Waals surface area contributed by atoms with Gasteiger partial charge in [0.05, 0.1) is 24.2 Å². The van der Waals surface area contributed by atoms with Crippen LogP contribution in [0.1, 0.15) is 47.7 Å². The number of fused-ring (bicyclic) bond motifs is 3.